The van der Waals surface area contributed by atoms with Crippen LogP contribution in [0.25, 0.3) is 0 Å². The highest BCUT2D eigenvalue weighted by Crippen LogP contribution is 2.11. The molecule has 0 unspecified atom stereocenters. The molecule has 0 saturated carbocycles. The van der Waals surface area contributed by atoms with Gasteiger partial charge in [-0.2, -0.15) is 0 Å². The number of amides is 2. The standard InChI is InChI=1S/C17H25N3O3/c1-17(2,3)23-16(22)19-9-11-20(12-10-19)18-15(21)13-14-7-5-4-6-8-14/h4-8H,9-13H2,1-3H3,(H,18,21). The van der Waals surface area contributed by atoms with Crippen molar-refractivity contribution < 1.29 is 14.3 Å². The number of carbonyl (C=O) groups excluding carboxylic acids is 2. The van der Waals surface area contributed by atoms with Crippen molar-refractivity contribution in [3.63, 3.8) is 0 Å². The average Bonchev–Trinajstić information content (AvgIpc) is 2.47. The van der Waals surface area contributed by atoms with Gasteiger partial charge in [0, 0.05) is 26.2 Å². The molecule has 2 rings (SSSR count). The molecule has 0 spiro atoms. The fourth-order valence-corrected chi connectivity index (χ4v) is 2.32. The topological polar surface area (TPSA) is 61.9 Å². The number of ether oxygens (including phenoxy) is 1. The zero-order chi connectivity index (χ0) is 16.9. The Bertz CT molecular complexity index is 532. The summed E-state index contributed by atoms with van der Waals surface area (Å²) in [5.41, 5.74) is 3.39. The van der Waals surface area contributed by atoms with E-state index >= 15 is 0 Å². The molecule has 2 amide bonds. The van der Waals surface area contributed by atoms with E-state index < -0.39 is 5.60 Å². The quantitative estimate of drug-likeness (QED) is 0.923. The molecule has 1 heterocycles. The summed E-state index contributed by atoms with van der Waals surface area (Å²) in [6, 6.07) is 9.63. The molecule has 0 aliphatic carbocycles. The first kappa shape index (κ1) is 17.3. The first-order chi connectivity index (χ1) is 10.8. The predicted molar refractivity (Wildman–Crippen MR) is 87.7 cm³/mol. The van der Waals surface area contributed by atoms with Crippen LogP contribution in [-0.2, 0) is 16.0 Å². The van der Waals surface area contributed by atoms with Crippen LogP contribution in [0.5, 0.6) is 0 Å². The Morgan fingerprint density at radius 2 is 1.70 bits per heavy atom. The highest BCUT2D eigenvalue weighted by Gasteiger charge is 2.26. The van der Waals surface area contributed by atoms with Crippen LogP contribution in [0.3, 0.4) is 0 Å². The van der Waals surface area contributed by atoms with Crippen LogP contribution in [0.1, 0.15) is 26.3 Å². The maximum atomic E-state index is 12.0. The van der Waals surface area contributed by atoms with Gasteiger partial charge in [0.2, 0.25) is 5.91 Å². The fourth-order valence-electron chi connectivity index (χ4n) is 2.32. The summed E-state index contributed by atoms with van der Waals surface area (Å²) >= 11 is 0. The van der Waals surface area contributed by atoms with Crippen LogP contribution < -0.4 is 5.43 Å². The summed E-state index contributed by atoms with van der Waals surface area (Å²) in [5.74, 6) is -0.0399. The van der Waals surface area contributed by atoms with Gasteiger partial charge < -0.3 is 9.64 Å². The second kappa shape index (κ2) is 7.46. The van der Waals surface area contributed by atoms with E-state index in [-0.39, 0.29) is 12.0 Å². The Morgan fingerprint density at radius 3 is 2.26 bits per heavy atom. The predicted octanol–water partition coefficient (Wildman–Crippen LogP) is 1.81. The SMILES string of the molecule is CC(C)(C)OC(=O)N1CCN(NC(=O)Cc2ccccc2)CC1. The molecule has 1 saturated heterocycles. The van der Waals surface area contributed by atoms with Gasteiger partial charge in [-0.15, -0.1) is 0 Å². The lowest BCUT2D eigenvalue weighted by molar-refractivity contribution is -0.126. The molecule has 23 heavy (non-hydrogen) atoms. The lowest BCUT2D eigenvalue weighted by Gasteiger charge is -2.35. The molecule has 1 N–H and O–H groups in total. The number of hydrazine groups is 1. The Kier molecular flexibility index (Phi) is 5.60. The number of benzene rings is 1. The van der Waals surface area contributed by atoms with Gasteiger partial charge in [0.15, 0.2) is 0 Å². The molecule has 0 aromatic heterocycles. The Hall–Kier alpha value is -2.08. The van der Waals surface area contributed by atoms with E-state index in [2.05, 4.69) is 5.43 Å². The van der Waals surface area contributed by atoms with E-state index in [0.29, 0.717) is 32.6 Å². The van der Waals surface area contributed by atoms with Crippen molar-refractivity contribution >= 4 is 12.0 Å². The third-order valence-electron chi connectivity index (χ3n) is 3.42. The molecule has 6 heteroatoms. The van der Waals surface area contributed by atoms with Crippen molar-refractivity contribution in [3.05, 3.63) is 35.9 Å². The van der Waals surface area contributed by atoms with Gasteiger partial charge in [0.1, 0.15) is 5.60 Å². The Labute approximate surface area is 137 Å². The zero-order valence-corrected chi connectivity index (χ0v) is 14.0. The van der Waals surface area contributed by atoms with Crippen LogP contribution in [0.15, 0.2) is 30.3 Å². The van der Waals surface area contributed by atoms with Crippen molar-refractivity contribution in [2.24, 2.45) is 0 Å². The lowest BCUT2D eigenvalue weighted by Crippen LogP contribution is -2.55. The van der Waals surface area contributed by atoms with E-state index in [1.807, 2.05) is 56.1 Å². The monoisotopic (exact) mass is 319 g/mol. The molecule has 1 aliphatic rings. The number of carbonyl (C=O) groups is 2. The van der Waals surface area contributed by atoms with Gasteiger partial charge in [-0.3, -0.25) is 10.2 Å². The minimum Gasteiger partial charge on any atom is -0.444 e. The van der Waals surface area contributed by atoms with E-state index in [9.17, 15) is 9.59 Å². The molecular weight excluding hydrogens is 294 g/mol. The van der Waals surface area contributed by atoms with Crippen molar-refractivity contribution in [2.75, 3.05) is 26.2 Å². The van der Waals surface area contributed by atoms with E-state index in [4.69, 9.17) is 4.74 Å². The van der Waals surface area contributed by atoms with Gasteiger partial charge >= 0.3 is 6.09 Å². The smallest absolute Gasteiger partial charge is 0.410 e. The summed E-state index contributed by atoms with van der Waals surface area (Å²) in [4.78, 5) is 25.7. The van der Waals surface area contributed by atoms with Crippen molar-refractivity contribution in [2.45, 2.75) is 32.8 Å². The summed E-state index contributed by atoms with van der Waals surface area (Å²) in [7, 11) is 0. The molecule has 1 aliphatic heterocycles. The number of piperazine rings is 1. The number of hydrogen-bond donors (Lipinski definition) is 1. The molecule has 6 nitrogen and oxygen atoms in total. The Morgan fingerprint density at radius 1 is 1.09 bits per heavy atom. The lowest BCUT2D eigenvalue weighted by atomic mass is 10.1. The molecule has 1 aromatic carbocycles. The minimum absolute atomic E-state index is 0.0399. The second-order valence-electron chi connectivity index (χ2n) is 6.65. The second-order valence-corrected chi connectivity index (χ2v) is 6.65. The summed E-state index contributed by atoms with van der Waals surface area (Å²) in [6.07, 6.45) is 0.0559. The first-order valence-electron chi connectivity index (χ1n) is 7.90. The summed E-state index contributed by atoms with van der Waals surface area (Å²) < 4.78 is 5.35. The molecule has 126 valence electrons. The molecular formula is C17H25N3O3. The van der Waals surface area contributed by atoms with Crippen LogP contribution in [-0.4, -0.2) is 53.7 Å². The number of nitrogens with zero attached hydrogens (tertiary/aromatic N) is 2. The maximum absolute atomic E-state index is 12.0. The highest BCUT2D eigenvalue weighted by molar-refractivity contribution is 5.78. The largest absolute Gasteiger partial charge is 0.444 e. The van der Waals surface area contributed by atoms with E-state index in [1.165, 1.54) is 0 Å². The average molecular weight is 319 g/mol. The van der Waals surface area contributed by atoms with Crippen molar-refractivity contribution in [1.29, 1.82) is 0 Å². The fraction of sp³-hybridized carbons (Fsp3) is 0.529. The van der Waals surface area contributed by atoms with Crippen LogP contribution in [0, 0.1) is 0 Å². The number of nitrogens with one attached hydrogen (secondary N) is 1. The van der Waals surface area contributed by atoms with Crippen LogP contribution >= 0.6 is 0 Å². The molecule has 0 bridgehead atoms. The number of rotatable bonds is 3. The van der Waals surface area contributed by atoms with E-state index in [1.54, 1.807) is 4.90 Å². The van der Waals surface area contributed by atoms with Crippen molar-refractivity contribution in [3.8, 4) is 0 Å². The molecule has 0 atom stereocenters. The van der Waals surface area contributed by atoms with Gasteiger partial charge in [0.25, 0.3) is 0 Å². The summed E-state index contributed by atoms with van der Waals surface area (Å²) in [5, 5.41) is 1.85. The highest BCUT2D eigenvalue weighted by atomic mass is 16.6. The minimum atomic E-state index is -0.488. The van der Waals surface area contributed by atoms with Gasteiger partial charge in [-0.1, -0.05) is 30.3 Å². The third kappa shape index (κ3) is 5.90. The normalized spacial score (nSPS) is 16.0. The van der Waals surface area contributed by atoms with Crippen molar-refractivity contribution in [1.82, 2.24) is 15.3 Å². The third-order valence-corrected chi connectivity index (χ3v) is 3.42. The van der Waals surface area contributed by atoms with Crippen LogP contribution in [0.4, 0.5) is 4.79 Å². The molecule has 0 radical (unpaired) electrons. The molecule has 1 aromatic rings. The van der Waals surface area contributed by atoms with Gasteiger partial charge in [0.05, 0.1) is 6.42 Å². The van der Waals surface area contributed by atoms with Crippen LogP contribution in [0.2, 0.25) is 0 Å². The molecule has 1 fully saturated rings. The maximum Gasteiger partial charge on any atom is 0.410 e. The van der Waals surface area contributed by atoms with E-state index in [0.717, 1.165) is 5.56 Å². The summed E-state index contributed by atoms with van der Waals surface area (Å²) in [6.45, 7) is 7.83. The first-order valence-corrected chi connectivity index (χ1v) is 7.90. The zero-order valence-electron chi connectivity index (χ0n) is 14.0. The number of hydrogen-bond acceptors (Lipinski definition) is 4. The van der Waals surface area contributed by atoms with Gasteiger partial charge in [-0.25, -0.2) is 9.80 Å². The van der Waals surface area contributed by atoms with Gasteiger partial charge in [-0.05, 0) is 26.3 Å². The Balaban J connectivity index is 1.74.